The van der Waals surface area contributed by atoms with Crippen molar-refractivity contribution in [3.8, 4) is 0 Å². The van der Waals surface area contributed by atoms with Crippen molar-refractivity contribution in [3.63, 3.8) is 0 Å². The van der Waals surface area contributed by atoms with E-state index in [0.29, 0.717) is 11.4 Å². The quantitative estimate of drug-likeness (QED) is 0.850. The lowest BCUT2D eigenvalue weighted by Gasteiger charge is -2.02. The molecule has 112 valence electrons. The van der Waals surface area contributed by atoms with Crippen molar-refractivity contribution in [1.82, 2.24) is 0 Å². The summed E-state index contributed by atoms with van der Waals surface area (Å²) in [7, 11) is 0. The molecule has 5 heteroatoms. The lowest BCUT2D eigenvalue weighted by atomic mass is 10.2. The number of rotatable bonds is 4. The second-order valence-corrected chi connectivity index (χ2v) is 4.63. The molecule has 2 rings (SSSR count). The van der Waals surface area contributed by atoms with E-state index in [2.05, 4.69) is 10.6 Å². The summed E-state index contributed by atoms with van der Waals surface area (Å²) in [4.78, 5) is 22.6. The Balaban J connectivity index is 1.94. The molecule has 0 saturated carbocycles. The van der Waals surface area contributed by atoms with Crippen LogP contribution in [0, 0.1) is 5.82 Å². The average molecular weight is 298 g/mol. The summed E-state index contributed by atoms with van der Waals surface area (Å²) in [5, 5.41) is 5.29. The van der Waals surface area contributed by atoms with Crippen LogP contribution < -0.4 is 10.6 Å². The molecule has 2 amide bonds. The van der Waals surface area contributed by atoms with Crippen LogP contribution in [-0.4, -0.2) is 11.8 Å². The van der Waals surface area contributed by atoms with Gasteiger partial charge in [-0.15, -0.1) is 0 Å². The molecule has 22 heavy (non-hydrogen) atoms. The van der Waals surface area contributed by atoms with Crippen molar-refractivity contribution in [2.24, 2.45) is 0 Å². The minimum absolute atomic E-state index is 0.137. The second kappa shape index (κ2) is 7.17. The normalized spacial score (nSPS) is 10.5. The maximum atomic E-state index is 12.8. The number of carbonyl (C=O) groups excluding carboxylic acids is 2. The maximum absolute atomic E-state index is 12.8. The molecule has 4 nitrogen and oxygen atoms in total. The van der Waals surface area contributed by atoms with Crippen LogP contribution in [0.25, 0.3) is 6.08 Å². The molecule has 0 heterocycles. The number of hydrogen-bond acceptors (Lipinski definition) is 2. The highest BCUT2D eigenvalue weighted by Crippen LogP contribution is 2.11. The van der Waals surface area contributed by atoms with E-state index in [1.165, 1.54) is 37.3 Å². The van der Waals surface area contributed by atoms with Crippen molar-refractivity contribution in [1.29, 1.82) is 0 Å². The Morgan fingerprint density at radius 3 is 2.05 bits per heavy atom. The lowest BCUT2D eigenvalue weighted by Crippen LogP contribution is -2.07. The summed E-state index contributed by atoms with van der Waals surface area (Å²) < 4.78 is 12.8. The van der Waals surface area contributed by atoms with Crippen LogP contribution in [0.2, 0.25) is 0 Å². The predicted octanol–water partition coefficient (Wildman–Crippen LogP) is 3.44. The molecule has 0 bridgehead atoms. The Hall–Kier alpha value is -2.95. The van der Waals surface area contributed by atoms with Gasteiger partial charge < -0.3 is 10.6 Å². The molecule has 2 aromatic carbocycles. The van der Waals surface area contributed by atoms with Crippen molar-refractivity contribution >= 4 is 29.3 Å². The summed E-state index contributed by atoms with van der Waals surface area (Å²) in [6.45, 7) is 1.44. The van der Waals surface area contributed by atoms with Crippen LogP contribution in [0.3, 0.4) is 0 Å². The molecule has 2 N–H and O–H groups in total. The summed E-state index contributed by atoms with van der Waals surface area (Å²) >= 11 is 0. The molecule has 0 radical (unpaired) electrons. The van der Waals surface area contributed by atoms with Gasteiger partial charge in [-0.1, -0.05) is 12.1 Å². The Morgan fingerprint density at radius 2 is 1.45 bits per heavy atom. The molecular weight excluding hydrogens is 283 g/mol. The Kier molecular flexibility index (Phi) is 5.03. The van der Waals surface area contributed by atoms with Crippen molar-refractivity contribution in [3.05, 3.63) is 66.0 Å². The minimum atomic E-state index is -0.354. The van der Waals surface area contributed by atoms with Gasteiger partial charge >= 0.3 is 0 Å². The van der Waals surface area contributed by atoms with E-state index in [0.717, 1.165) is 5.56 Å². The van der Waals surface area contributed by atoms with E-state index in [4.69, 9.17) is 0 Å². The molecule has 0 spiro atoms. The molecule has 0 atom stereocenters. The predicted molar refractivity (Wildman–Crippen MR) is 84.8 cm³/mol. The highest BCUT2D eigenvalue weighted by Gasteiger charge is 1.99. The zero-order valence-corrected chi connectivity index (χ0v) is 12.0. The largest absolute Gasteiger partial charge is 0.326 e. The van der Waals surface area contributed by atoms with Crippen LogP contribution in [0.5, 0.6) is 0 Å². The Bertz CT molecular complexity index is 692. The first-order chi connectivity index (χ1) is 10.5. The minimum Gasteiger partial charge on any atom is -0.326 e. The molecule has 0 fully saturated rings. The SMILES string of the molecule is CC(=O)Nc1ccc(/C=C/C(=O)Nc2ccc(F)cc2)cc1. The fourth-order valence-corrected chi connectivity index (χ4v) is 1.77. The molecule has 0 unspecified atom stereocenters. The fraction of sp³-hybridized carbons (Fsp3) is 0.0588. The van der Waals surface area contributed by atoms with Gasteiger partial charge in [0.2, 0.25) is 11.8 Å². The van der Waals surface area contributed by atoms with E-state index in [1.807, 2.05) is 0 Å². The first kappa shape index (κ1) is 15.4. The molecule has 0 aliphatic carbocycles. The first-order valence-electron chi connectivity index (χ1n) is 6.65. The topological polar surface area (TPSA) is 58.2 Å². The number of halogens is 1. The number of benzene rings is 2. The number of carbonyl (C=O) groups is 2. The Morgan fingerprint density at radius 1 is 0.909 bits per heavy atom. The second-order valence-electron chi connectivity index (χ2n) is 4.63. The molecule has 0 aliphatic heterocycles. The monoisotopic (exact) mass is 298 g/mol. The molecule has 0 aliphatic rings. The molecular formula is C17H15FN2O2. The third kappa shape index (κ3) is 4.86. The van der Waals surface area contributed by atoms with Gasteiger partial charge in [0.15, 0.2) is 0 Å². The number of hydrogen-bond donors (Lipinski definition) is 2. The van der Waals surface area contributed by atoms with E-state index in [1.54, 1.807) is 30.3 Å². The van der Waals surface area contributed by atoms with E-state index in [-0.39, 0.29) is 17.6 Å². The van der Waals surface area contributed by atoms with Crippen LogP contribution in [0.15, 0.2) is 54.6 Å². The van der Waals surface area contributed by atoms with Crippen LogP contribution in [-0.2, 0) is 9.59 Å². The zero-order valence-electron chi connectivity index (χ0n) is 12.0. The summed E-state index contributed by atoms with van der Waals surface area (Å²) in [5.41, 5.74) is 2.04. The van der Waals surface area contributed by atoms with Gasteiger partial charge in [0, 0.05) is 24.4 Å². The van der Waals surface area contributed by atoms with Gasteiger partial charge in [0.1, 0.15) is 5.82 Å². The van der Waals surface area contributed by atoms with Gasteiger partial charge in [0.05, 0.1) is 0 Å². The van der Waals surface area contributed by atoms with Crippen molar-refractivity contribution < 1.29 is 14.0 Å². The summed E-state index contributed by atoms with van der Waals surface area (Å²) in [6.07, 6.45) is 3.03. The van der Waals surface area contributed by atoms with Crippen LogP contribution in [0.1, 0.15) is 12.5 Å². The van der Waals surface area contributed by atoms with Crippen molar-refractivity contribution in [2.75, 3.05) is 10.6 Å². The lowest BCUT2D eigenvalue weighted by molar-refractivity contribution is -0.114. The first-order valence-corrected chi connectivity index (χ1v) is 6.65. The van der Waals surface area contributed by atoms with Gasteiger partial charge in [-0.3, -0.25) is 9.59 Å². The fourth-order valence-electron chi connectivity index (χ4n) is 1.77. The smallest absolute Gasteiger partial charge is 0.248 e. The third-order valence-corrected chi connectivity index (χ3v) is 2.77. The molecule has 0 saturated heterocycles. The van der Waals surface area contributed by atoms with Gasteiger partial charge in [0.25, 0.3) is 0 Å². The van der Waals surface area contributed by atoms with Crippen molar-refractivity contribution in [2.45, 2.75) is 6.92 Å². The third-order valence-electron chi connectivity index (χ3n) is 2.77. The molecule has 0 aromatic heterocycles. The highest BCUT2D eigenvalue weighted by atomic mass is 19.1. The molecule has 2 aromatic rings. The Labute approximate surface area is 127 Å². The zero-order chi connectivity index (χ0) is 15.9. The van der Waals surface area contributed by atoms with E-state index in [9.17, 15) is 14.0 Å². The van der Waals surface area contributed by atoms with Gasteiger partial charge in [-0.05, 0) is 48.0 Å². The van der Waals surface area contributed by atoms with Gasteiger partial charge in [-0.2, -0.15) is 0 Å². The van der Waals surface area contributed by atoms with E-state index < -0.39 is 0 Å². The summed E-state index contributed by atoms with van der Waals surface area (Å²) in [5.74, 6) is -0.799. The number of anilines is 2. The van der Waals surface area contributed by atoms with Crippen LogP contribution in [0.4, 0.5) is 15.8 Å². The standard InChI is InChI=1S/C17H15FN2O2/c1-12(21)19-15-7-2-13(3-8-15)4-11-17(22)20-16-9-5-14(18)6-10-16/h2-11H,1H3,(H,19,21)(H,20,22)/b11-4+. The average Bonchev–Trinajstić information content (AvgIpc) is 2.48. The summed E-state index contributed by atoms with van der Waals surface area (Å²) in [6, 6.07) is 12.6. The van der Waals surface area contributed by atoms with Crippen LogP contribution >= 0.6 is 0 Å². The number of amides is 2. The number of nitrogens with one attached hydrogen (secondary N) is 2. The highest BCUT2D eigenvalue weighted by molar-refractivity contribution is 6.01. The van der Waals surface area contributed by atoms with Gasteiger partial charge in [-0.25, -0.2) is 4.39 Å². The maximum Gasteiger partial charge on any atom is 0.248 e. The van der Waals surface area contributed by atoms with E-state index >= 15 is 0 Å².